The van der Waals surface area contributed by atoms with E-state index in [4.69, 9.17) is 0 Å². The van der Waals surface area contributed by atoms with Gasteiger partial charge in [0.05, 0.1) is 6.54 Å². The Hall–Kier alpha value is -0.860. The van der Waals surface area contributed by atoms with Gasteiger partial charge in [0.1, 0.15) is 0 Å². The van der Waals surface area contributed by atoms with Gasteiger partial charge in [-0.2, -0.15) is 0 Å². The summed E-state index contributed by atoms with van der Waals surface area (Å²) < 4.78 is 0. The Balaban J connectivity index is 1.67. The highest BCUT2D eigenvalue weighted by molar-refractivity contribution is 5.90. The van der Waals surface area contributed by atoms with E-state index in [1.807, 2.05) is 0 Å². The smallest absolute Gasteiger partial charge is 0.226 e. The molecule has 0 N–H and O–H groups in total. The summed E-state index contributed by atoms with van der Waals surface area (Å²) >= 11 is 0. The summed E-state index contributed by atoms with van der Waals surface area (Å²) in [5.41, 5.74) is 0. The number of ketones is 1. The average Bonchev–Trinajstić information content (AvgIpc) is 2.90. The molecule has 3 nitrogen and oxygen atoms in total. The van der Waals surface area contributed by atoms with Crippen molar-refractivity contribution in [3.63, 3.8) is 0 Å². The maximum Gasteiger partial charge on any atom is 0.226 e. The van der Waals surface area contributed by atoms with Crippen LogP contribution in [0.4, 0.5) is 0 Å². The molecule has 0 aromatic heterocycles. The molecule has 3 heteroatoms. The molecule has 15 heavy (non-hydrogen) atoms. The monoisotopic (exact) mass is 207 g/mol. The second-order valence-corrected chi connectivity index (χ2v) is 5.33. The second-order valence-electron chi connectivity index (χ2n) is 5.33. The van der Waals surface area contributed by atoms with E-state index in [2.05, 4.69) is 0 Å². The van der Waals surface area contributed by atoms with Gasteiger partial charge < -0.3 is 4.90 Å². The Morgan fingerprint density at radius 3 is 2.67 bits per heavy atom. The molecule has 1 aliphatic heterocycles. The third kappa shape index (κ3) is 1.48. The van der Waals surface area contributed by atoms with Gasteiger partial charge in [0.15, 0.2) is 5.78 Å². The van der Waals surface area contributed by atoms with Gasteiger partial charge in [-0.25, -0.2) is 0 Å². The zero-order valence-corrected chi connectivity index (χ0v) is 8.95. The molecule has 1 heterocycles. The number of carbonyl (C=O) groups is 2. The summed E-state index contributed by atoms with van der Waals surface area (Å²) in [5, 5.41) is 0. The van der Waals surface area contributed by atoms with Crippen LogP contribution in [0.2, 0.25) is 0 Å². The number of rotatable bonds is 1. The molecule has 3 unspecified atom stereocenters. The van der Waals surface area contributed by atoms with Crippen LogP contribution >= 0.6 is 0 Å². The molecule has 0 spiro atoms. The summed E-state index contributed by atoms with van der Waals surface area (Å²) in [4.78, 5) is 25.1. The number of carbonyl (C=O) groups excluding carboxylic acids is 2. The van der Waals surface area contributed by atoms with Gasteiger partial charge in [-0.15, -0.1) is 0 Å². The topological polar surface area (TPSA) is 37.4 Å². The predicted octanol–water partition coefficient (Wildman–Crippen LogP) is 1.22. The molecule has 82 valence electrons. The summed E-state index contributed by atoms with van der Waals surface area (Å²) in [7, 11) is 0. The SMILES string of the molecule is O=C1CCN(C(=O)C2CC3CCC2C3)C1. The van der Waals surface area contributed by atoms with Crippen molar-refractivity contribution in [2.24, 2.45) is 17.8 Å². The number of amides is 1. The average molecular weight is 207 g/mol. The van der Waals surface area contributed by atoms with Gasteiger partial charge in [0.25, 0.3) is 0 Å². The summed E-state index contributed by atoms with van der Waals surface area (Å²) in [6, 6.07) is 0. The van der Waals surface area contributed by atoms with Crippen molar-refractivity contribution in [1.29, 1.82) is 0 Å². The highest BCUT2D eigenvalue weighted by Crippen LogP contribution is 2.48. The number of likely N-dealkylation sites (tertiary alicyclic amines) is 1. The number of nitrogens with zero attached hydrogens (tertiary/aromatic N) is 1. The zero-order valence-electron chi connectivity index (χ0n) is 8.95. The fraction of sp³-hybridized carbons (Fsp3) is 0.833. The first kappa shape index (κ1) is 9.37. The van der Waals surface area contributed by atoms with Crippen molar-refractivity contribution < 1.29 is 9.59 Å². The molecule has 0 aromatic carbocycles. The maximum atomic E-state index is 12.2. The van der Waals surface area contributed by atoms with Gasteiger partial charge in [0.2, 0.25) is 5.91 Å². The Morgan fingerprint density at radius 2 is 2.13 bits per heavy atom. The van der Waals surface area contributed by atoms with Crippen LogP contribution in [0.5, 0.6) is 0 Å². The van der Waals surface area contributed by atoms with Crippen LogP contribution in [-0.4, -0.2) is 29.7 Å². The van der Waals surface area contributed by atoms with Crippen LogP contribution in [-0.2, 0) is 9.59 Å². The molecule has 1 amide bonds. The van der Waals surface area contributed by atoms with Crippen LogP contribution in [0.3, 0.4) is 0 Å². The third-order valence-electron chi connectivity index (χ3n) is 4.39. The van der Waals surface area contributed by atoms with E-state index in [1.54, 1.807) is 4.90 Å². The van der Waals surface area contributed by atoms with E-state index in [0.717, 1.165) is 12.3 Å². The molecule has 3 aliphatic rings. The Bertz CT molecular complexity index is 313. The lowest BCUT2D eigenvalue weighted by atomic mass is 9.88. The normalized spacial score (nSPS) is 39.1. The Labute approximate surface area is 89.8 Å². The molecule has 2 bridgehead atoms. The van der Waals surface area contributed by atoms with Crippen molar-refractivity contribution in [3.05, 3.63) is 0 Å². The first-order valence-electron chi connectivity index (χ1n) is 6.04. The number of fused-ring (bicyclic) bond motifs is 2. The lowest BCUT2D eigenvalue weighted by molar-refractivity contribution is -0.137. The van der Waals surface area contributed by atoms with Crippen molar-refractivity contribution in [2.45, 2.75) is 32.1 Å². The van der Waals surface area contributed by atoms with Gasteiger partial charge in [0, 0.05) is 18.9 Å². The minimum Gasteiger partial charge on any atom is -0.335 e. The van der Waals surface area contributed by atoms with Crippen molar-refractivity contribution in [3.8, 4) is 0 Å². The van der Waals surface area contributed by atoms with E-state index in [0.29, 0.717) is 25.4 Å². The number of Topliss-reactive ketones (excluding diaryl/α,β-unsaturated/α-hetero) is 1. The van der Waals surface area contributed by atoms with E-state index in [9.17, 15) is 9.59 Å². The second kappa shape index (κ2) is 3.32. The Kier molecular flexibility index (Phi) is 2.08. The molecular weight excluding hydrogens is 190 g/mol. The number of hydrogen-bond donors (Lipinski definition) is 0. The molecule has 1 saturated heterocycles. The zero-order chi connectivity index (χ0) is 10.4. The molecule has 2 aliphatic carbocycles. The molecule has 3 rings (SSSR count). The predicted molar refractivity (Wildman–Crippen MR) is 55.1 cm³/mol. The first-order valence-corrected chi connectivity index (χ1v) is 6.04. The van der Waals surface area contributed by atoms with Gasteiger partial charge in [-0.1, -0.05) is 6.42 Å². The summed E-state index contributed by atoms with van der Waals surface area (Å²) in [5.74, 6) is 2.20. The van der Waals surface area contributed by atoms with Crippen molar-refractivity contribution in [1.82, 2.24) is 4.90 Å². The van der Waals surface area contributed by atoms with Crippen molar-refractivity contribution in [2.75, 3.05) is 13.1 Å². The van der Waals surface area contributed by atoms with E-state index in [-0.39, 0.29) is 17.6 Å². The molecule has 2 saturated carbocycles. The third-order valence-corrected chi connectivity index (χ3v) is 4.39. The fourth-order valence-electron chi connectivity index (χ4n) is 3.60. The molecular formula is C12H17NO2. The highest BCUT2D eigenvalue weighted by Gasteiger charge is 2.45. The maximum absolute atomic E-state index is 12.2. The molecule has 3 atom stereocenters. The standard InChI is InChI=1S/C12H17NO2/c14-10-3-4-13(7-10)12(15)11-6-8-1-2-9(11)5-8/h8-9,11H,1-7H2. The van der Waals surface area contributed by atoms with Crippen LogP contribution in [0.15, 0.2) is 0 Å². The van der Waals surface area contributed by atoms with Crippen LogP contribution in [0.1, 0.15) is 32.1 Å². The molecule has 3 fully saturated rings. The van der Waals surface area contributed by atoms with E-state index < -0.39 is 0 Å². The molecule has 0 radical (unpaired) electrons. The first-order chi connectivity index (χ1) is 7.24. The highest BCUT2D eigenvalue weighted by atomic mass is 16.2. The summed E-state index contributed by atoms with van der Waals surface area (Å²) in [6.45, 7) is 1.05. The fourth-order valence-corrected chi connectivity index (χ4v) is 3.60. The van der Waals surface area contributed by atoms with Crippen molar-refractivity contribution >= 4 is 11.7 Å². The van der Waals surface area contributed by atoms with Gasteiger partial charge >= 0.3 is 0 Å². The number of hydrogen-bond acceptors (Lipinski definition) is 2. The summed E-state index contributed by atoms with van der Waals surface area (Å²) in [6.07, 6.45) is 5.50. The van der Waals surface area contributed by atoms with E-state index >= 15 is 0 Å². The van der Waals surface area contributed by atoms with Gasteiger partial charge in [-0.3, -0.25) is 9.59 Å². The van der Waals surface area contributed by atoms with Crippen LogP contribution in [0, 0.1) is 17.8 Å². The van der Waals surface area contributed by atoms with Crippen LogP contribution < -0.4 is 0 Å². The van der Waals surface area contributed by atoms with Gasteiger partial charge in [-0.05, 0) is 31.1 Å². The quantitative estimate of drug-likeness (QED) is 0.648. The Morgan fingerprint density at radius 1 is 1.27 bits per heavy atom. The minimum absolute atomic E-state index is 0.228. The lowest BCUT2D eigenvalue weighted by Crippen LogP contribution is -2.36. The van der Waals surface area contributed by atoms with Crippen LogP contribution in [0.25, 0.3) is 0 Å². The molecule has 0 aromatic rings. The van der Waals surface area contributed by atoms with E-state index in [1.165, 1.54) is 19.3 Å². The largest absolute Gasteiger partial charge is 0.335 e. The lowest BCUT2D eigenvalue weighted by Gasteiger charge is -2.25. The minimum atomic E-state index is 0.228.